The molecule has 0 aromatic carbocycles. The standard InChI is InChI=1S/C75H135N3O20/c1-8-14-18-22-26-30-34-64-40-38-62(12-5)66(36-32-28-24-20-16-10-3)97-74(85)93-60-56-89-70(81)44-48-77(46-42-68(79)87-54-58-91-72(83)95-64)52-50-76(7)51-53-78-47-43-69(80)88-55-59-92-73(84)96-65(35-31-27-23-19-15-9-2)41-39-63(13-6)67(37-33-29-25-21-17-11-4)98-75(86)94-61-57-90-71(82)45-49-78/h62-67H,8-61H2,1-7H3. The number of hydrogen-bond donors (Lipinski definition) is 0. The number of nitrogens with zero attached hydrogens (tertiary/aromatic N) is 3. The molecule has 6 unspecified atom stereocenters. The predicted octanol–water partition coefficient (Wildman–Crippen LogP) is 16.0. The van der Waals surface area contributed by atoms with Gasteiger partial charge in [0.1, 0.15) is 77.3 Å². The van der Waals surface area contributed by atoms with Crippen LogP contribution in [0.3, 0.4) is 0 Å². The Labute approximate surface area is 590 Å². The largest absolute Gasteiger partial charge is 0.508 e. The van der Waals surface area contributed by atoms with Gasteiger partial charge in [0.15, 0.2) is 0 Å². The number of unbranched alkanes of at least 4 members (excludes halogenated alkanes) is 20. The summed E-state index contributed by atoms with van der Waals surface area (Å²) in [5, 5.41) is 0. The molecule has 2 aliphatic heterocycles. The molecule has 0 radical (unpaired) electrons. The van der Waals surface area contributed by atoms with Crippen molar-refractivity contribution in [1.82, 2.24) is 14.7 Å². The molecule has 0 aromatic heterocycles. The van der Waals surface area contributed by atoms with Crippen LogP contribution in [0.25, 0.3) is 0 Å². The zero-order valence-electron chi connectivity index (χ0n) is 62.2. The Morgan fingerprint density at radius 3 is 0.857 bits per heavy atom. The predicted molar refractivity (Wildman–Crippen MR) is 376 cm³/mol. The third-order valence-corrected chi connectivity index (χ3v) is 18.7. The monoisotopic (exact) mass is 1400 g/mol. The van der Waals surface area contributed by atoms with Crippen LogP contribution < -0.4 is 0 Å². The molecule has 2 saturated heterocycles. The highest BCUT2D eigenvalue weighted by molar-refractivity contribution is 5.71. The van der Waals surface area contributed by atoms with Crippen molar-refractivity contribution in [2.45, 2.75) is 310 Å². The summed E-state index contributed by atoms with van der Waals surface area (Å²) in [5.41, 5.74) is 0. The molecule has 0 bridgehead atoms. The van der Waals surface area contributed by atoms with Crippen molar-refractivity contribution < 1.29 is 95.2 Å². The van der Waals surface area contributed by atoms with Crippen LogP contribution in [0.2, 0.25) is 0 Å². The number of cyclic esters (lactones) is 12. The van der Waals surface area contributed by atoms with Crippen LogP contribution in [0.15, 0.2) is 0 Å². The summed E-state index contributed by atoms with van der Waals surface area (Å²) in [6.45, 7) is 14.1. The molecular weight excluding hydrogens is 1260 g/mol. The van der Waals surface area contributed by atoms with Gasteiger partial charge >= 0.3 is 48.5 Å². The molecule has 0 N–H and O–H groups in total. The molecule has 98 heavy (non-hydrogen) atoms. The molecule has 2 aliphatic rings. The second-order valence-corrected chi connectivity index (χ2v) is 26.8. The second kappa shape index (κ2) is 60.6. The third kappa shape index (κ3) is 48.6. The first-order valence-electron chi connectivity index (χ1n) is 38.7. The summed E-state index contributed by atoms with van der Waals surface area (Å²) in [5.74, 6) is -2.10. The number of hydrogen-bond acceptors (Lipinski definition) is 23. The maximum absolute atomic E-state index is 13.3. The van der Waals surface area contributed by atoms with Crippen LogP contribution in [-0.4, -0.2) is 200 Å². The van der Waals surface area contributed by atoms with Gasteiger partial charge < -0.3 is 71.5 Å². The van der Waals surface area contributed by atoms with Gasteiger partial charge in [-0.1, -0.05) is 170 Å². The van der Waals surface area contributed by atoms with Gasteiger partial charge in [0.2, 0.25) is 0 Å². The van der Waals surface area contributed by atoms with E-state index < -0.39 is 72.9 Å². The average Bonchev–Trinajstić information content (AvgIpc) is 1.28. The number of carbonyl (C=O) groups is 8. The summed E-state index contributed by atoms with van der Waals surface area (Å²) >= 11 is 0. The van der Waals surface area contributed by atoms with Crippen molar-refractivity contribution in [2.24, 2.45) is 11.8 Å². The van der Waals surface area contributed by atoms with Crippen molar-refractivity contribution in [3.8, 4) is 0 Å². The van der Waals surface area contributed by atoms with Crippen molar-refractivity contribution in [2.75, 3.05) is 112 Å². The molecule has 2 heterocycles. The van der Waals surface area contributed by atoms with E-state index in [2.05, 4.69) is 41.5 Å². The number of likely N-dealkylation sites (N-methyl/N-ethyl adjacent to an activating group) is 1. The van der Waals surface area contributed by atoms with Gasteiger partial charge in [0.25, 0.3) is 0 Å². The Bertz CT molecular complexity index is 1930. The topological polar surface area (TPSA) is 257 Å². The van der Waals surface area contributed by atoms with Gasteiger partial charge in [-0.15, -0.1) is 0 Å². The lowest BCUT2D eigenvalue weighted by atomic mass is 9.88. The van der Waals surface area contributed by atoms with Crippen molar-refractivity contribution in [3.05, 3.63) is 0 Å². The first-order chi connectivity index (χ1) is 47.6. The molecule has 0 aromatic rings. The molecule has 2 fully saturated rings. The fraction of sp³-hybridized carbons (Fsp3) is 0.893. The molecule has 23 heteroatoms. The molecule has 0 amide bonds. The van der Waals surface area contributed by atoms with Gasteiger partial charge in [-0.05, 0) is 109 Å². The van der Waals surface area contributed by atoms with E-state index in [1.807, 2.05) is 21.7 Å². The Balaban J connectivity index is 2.20. The highest BCUT2D eigenvalue weighted by Crippen LogP contribution is 2.29. The molecule has 570 valence electrons. The van der Waals surface area contributed by atoms with Gasteiger partial charge in [-0.25, -0.2) is 19.2 Å². The lowest BCUT2D eigenvalue weighted by Gasteiger charge is -2.28. The van der Waals surface area contributed by atoms with Gasteiger partial charge in [-0.3, -0.25) is 19.2 Å². The maximum Gasteiger partial charge on any atom is 0.508 e. The van der Waals surface area contributed by atoms with Crippen LogP contribution in [-0.2, 0) is 76.0 Å². The SMILES string of the molecule is CCCCCCCCC1CCC(CC)C(CCCCCCCC)OC(=O)OCCOC(=O)CCN(CCN(C)CCN2CCC(=O)OCCOC(=O)OC(CCCCCCCC)CCC(CC)C(CCCCCCCC)OC(=O)OCCOC(=O)CC2)CCC(=O)OCCOC(=O)O1. The summed E-state index contributed by atoms with van der Waals surface area (Å²) in [6, 6.07) is 0. The quantitative estimate of drug-likeness (QED) is 0.0321. The van der Waals surface area contributed by atoms with Crippen molar-refractivity contribution >= 4 is 48.5 Å². The Morgan fingerprint density at radius 1 is 0.316 bits per heavy atom. The summed E-state index contributed by atoms with van der Waals surface area (Å²) < 4.78 is 67.7. The van der Waals surface area contributed by atoms with E-state index in [-0.39, 0.29) is 117 Å². The summed E-state index contributed by atoms with van der Waals surface area (Å²) in [6.07, 6.45) is 27.4. The van der Waals surface area contributed by atoms with E-state index in [1.54, 1.807) is 0 Å². The zero-order valence-corrected chi connectivity index (χ0v) is 62.2. The second-order valence-electron chi connectivity index (χ2n) is 26.8. The highest BCUT2D eigenvalue weighted by atomic mass is 16.8. The van der Waals surface area contributed by atoms with E-state index in [0.29, 0.717) is 77.5 Å². The lowest BCUT2D eigenvalue weighted by molar-refractivity contribution is -0.147. The van der Waals surface area contributed by atoms with Gasteiger partial charge in [0.05, 0.1) is 25.7 Å². The van der Waals surface area contributed by atoms with Gasteiger partial charge in [-0.2, -0.15) is 0 Å². The number of carbonyl (C=O) groups excluding carboxylic acids is 8. The summed E-state index contributed by atoms with van der Waals surface area (Å²) in [7, 11) is 1.91. The van der Waals surface area contributed by atoms with E-state index in [4.69, 9.17) is 56.8 Å². The molecular formula is C75H135N3O20. The highest BCUT2D eigenvalue weighted by Gasteiger charge is 2.30. The number of rotatable bonds is 36. The Kier molecular flexibility index (Phi) is 55.0. The van der Waals surface area contributed by atoms with E-state index in [9.17, 15) is 38.4 Å². The first-order valence-corrected chi connectivity index (χ1v) is 38.7. The lowest BCUT2D eigenvalue weighted by Crippen LogP contribution is -2.40. The molecule has 2 rings (SSSR count). The van der Waals surface area contributed by atoms with Crippen LogP contribution in [0, 0.1) is 11.8 Å². The van der Waals surface area contributed by atoms with E-state index in [1.165, 1.54) is 25.7 Å². The first kappa shape index (κ1) is 88.9. The Hall–Kier alpha value is -5.16. The molecule has 0 saturated carbocycles. The molecule has 23 nitrogen and oxygen atoms in total. The third-order valence-electron chi connectivity index (χ3n) is 18.7. The van der Waals surface area contributed by atoms with E-state index >= 15 is 0 Å². The number of ether oxygens (including phenoxy) is 12. The minimum atomic E-state index is -0.831. The zero-order chi connectivity index (χ0) is 71.5. The van der Waals surface area contributed by atoms with Crippen molar-refractivity contribution in [1.29, 1.82) is 0 Å². The smallest absolute Gasteiger partial charge is 0.462 e. The average molecular weight is 1400 g/mol. The molecule has 0 spiro atoms. The fourth-order valence-corrected chi connectivity index (χ4v) is 12.4. The van der Waals surface area contributed by atoms with Crippen LogP contribution >= 0.6 is 0 Å². The minimum Gasteiger partial charge on any atom is -0.462 e. The van der Waals surface area contributed by atoms with E-state index in [0.717, 1.165) is 141 Å². The minimum absolute atomic E-state index is 0.0177. The summed E-state index contributed by atoms with van der Waals surface area (Å²) in [4.78, 5) is 111. The Morgan fingerprint density at radius 2 is 0.571 bits per heavy atom. The normalized spacial score (nSPS) is 22.3. The van der Waals surface area contributed by atoms with Crippen LogP contribution in [0.1, 0.15) is 286 Å². The maximum atomic E-state index is 13.3. The molecule has 6 atom stereocenters. The fourth-order valence-electron chi connectivity index (χ4n) is 12.4. The number of esters is 4. The van der Waals surface area contributed by atoms with Crippen molar-refractivity contribution in [3.63, 3.8) is 0 Å². The molecule has 0 aliphatic carbocycles. The van der Waals surface area contributed by atoms with Crippen LogP contribution in [0.5, 0.6) is 0 Å². The van der Waals surface area contributed by atoms with Gasteiger partial charge in [0, 0.05) is 52.4 Å². The van der Waals surface area contributed by atoms with Crippen LogP contribution in [0.4, 0.5) is 19.2 Å².